The van der Waals surface area contributed by atoms with E-state index in [2.05, 4.69) is 0 Å². The number of carbonyl (C=O) groups excluding carboxylic acids is 1. The van der Waals surface area contributed by atoms with Crippen LogP contribution in [0, 0.1) is 0 Å². The molecule has 266 valence electrons. The molecule has 25 heteroatoms. The molecule has 0 spiro atoms. The predicted octanol–water partition coefficient (Wildman–Crippen LogP) is -5.84. The first-order chi connectivity index (χ1) is 20.7. The zero-order valence-electron chi connectivity index (χ0n) is 23.7. The first kappa shape index (κ1) is 50.1. The molecule has 0 saturated carbocycles. The Bertz CT molecular complexity index is 925. The van der Waals surface area contributed by atoms with Crippen LogP contribution in [0.4, 0.5) is 0 Å². The highest BCUT2D eigenvalue weighted by molar-refractivity contribution is 5.82. The molecule has 0 fully saturated rings. The normalized spacial score (nSPS) is 12.5. The minimum absolute atomic E-state index is 0.0213. The van der Waals surface area contributed by atoms with Crippen LogP contribution in [0.3, 0.4) is 0 Å². The largest absolute Gasteiger partial charge is 0.481 e. The Morgan fingerprint density at radius 2 is 0.543 bits per heavy atom. The molecule has 5 unspecified atom stereocenters. The Balaban J connectivity index is -0.000000152. The molecule has 21 N–H and O–H groups in total. The molecule has 0 bridgehead atoms. The molecule has 5 atom stereocenters. The molecule has 0 aromatic rings. The molecule has 0 aliphatic rings. The van der Waals surface area contributed by atoms with E-state index in [-0.39, 0.29) is 12.8 Å². The van der Waals surface area contributed by atoms with Crippen LogP contribution in [0.1, 0.15) is 38.5 Å². The number of carboxylic acids is 9. The number of primary amides is 1. The van der Waals surface area contributed by atoms with Gasteiger partial charge in [-0.05, 0) is 6.42 Å². The Morgan fingerprint density at radius 1 is 0.370 bits per heavy atom. The maximum absolute atomic E-state index is 10.1. The second-order valence-corrected chi connectivity index (χ2v) is 8.12. The summed E-state index contributed by atoms with van der Waals surface area (Å²) in [7, 11) is 0. The van der Waals surface area contributed by atoms with E-state index in [4.69, 9.17) is 80.4 Å². The van der Waals surface area contributed by atoms with Gasteiger partial charge in [0, 0.05) is 6.42 Å². The molecule has 0 aliphatic heterocycles. The molecule has 0 rings (SSSR count). The number of carbonyl (C=O) groups is 10. The molecule has 46 heavy (non-hydrogen) atoms. The highest BCUT2D eigenvalue weighted by Gasteiger charge is 2.16. The minimum Gasteiger partial charge on any atom is -0.481 e. The van der Waals surface area contributed by atoms with Crippen molar-refractivity contribution < 1.29 is 93.9 Å². The lowest BCUT2D eigenvalue weighted by Gasteiger charge is -2.01. The highest BCUT2D eigenvalue weighted by Crippen LogP contribution is 1.92. The van der Waals surface area contributed by atoms with E-state index < -0.39 is 116 Å². The van der Waals surface area contributed by atoms with Gasteiger partial charge >= 0.3 is 53.7 Å². The fourth-order valence-electron chi connectivity index (χ4n) is 1.52. The van der Waals surface area contributed by atoms with Gasteiger partial charge in [-0.25, -0.2) is 0 Å². The second-order valence-electron chi connectivity index (χ2n) is 8.12. The van der Waals surface area contributed by atoms with Crippen LogP contribution in [0.2, 0.25) is 0 Å². The van der Waals surface area contributed by atoms with E-state index in [1.54, 1.807) is 0 Å². The van der Waals surface area contributed by atoms with Crippen molar-refractivity contribution in [3.8, 4) is 0 Å². The average Bonchev–Trinajstić information content (AvgIpc) is 2.86. The maximum Gasteiger partial charge on any atom is 0.321 e. The lowest BCUT2D eigenvalue weighted by molar-refractivity contribution is -0.144. The number of hydrogen-bond acceptors (Lipinski definition) is 15. The Hall–Kier alpha value is -5.50. The van der Waals surface area contributed by atoms with Crippen LogP contribution in [0.5, 0.6) is 0 Å². The van der Waals surface area contributed by atoms with Gasteiger partial charge in [-0.2, -0.15) is 0 Å². The van der Waals surface area contributed by atoms with E-state index in [9.17, 15) is 47.9 Å². The summed E-state index contributed by atoms with van der Waals surface area (Å²) < 4.78 is 0. The smallest absolute Gasteiger partial charge is 0.321 e. The van der Waals surface area contributed by atoms with Gasteiger partial charge in [0.25, 0.3) is 0 Å². The molecule has 0 saturated heterocycles. The van der Waals surface area contributed by atoms with Crippen molar-refractivity contribution in [1.82, 2.24) is 0 Å². The fourth-order valence-corrected chi connectivity index (χ4v) is 1.52. The van der Waals surface area contributed by atoms with Gasteiger partial charge in [0.15, 0.2) is 0 Å². The molecule has 25 nitrogen and oxygen atoms in total. The summed E-state index contributed by atoms with van der Waals surface area (Å²) in [5.74, 6) is -11.6. The first-order valence-corrected chi connectivity index (χ1v) is 11.8. The fraction of sp³-hybridized carbons (Fsp3) is 0.524. The van der Waals surface area contributed by atoms with E-state index in [0.29, 0.717) is 0 Å². The van der Waals surface area contributed by atoms with Crippen molar-refractivity contribution >= 4 is 59.6 Å². The third kappa shape index (κ3) is 43.0. The number of rotatable bonds is 16. The van der Waals surface area contributed by atoms with Gasteiger partial charge in [-0.3, -0.25) is 47.9 Å². The van der Waals surface area contributed by atoms with Gasteiger partial charge in [-0.1, -0.05) is 0 Å². The number of carboxylic acid groups (broad SMARTS) is 9. The summed E-state index contributed by atoms with van der Waals surface area (Å²) in [4.78, 5) is 98.6. The minimum atomic E-state index is -1.29. The molecule has 0 aromatic carbocycles. The monoisotopic (exact) mass is 678 g/mol. The number of aliphatic carboxylic acids is 9. The summed E-state index contributed by atoms with van der Waals surface area (Å²) in [5, 5.41) is 72.3. The van der Waals surface area contributed by atoms with Gasteiger partial charge in [0.05, 0.1) is 25.7 Å². The first-order valence-electron chi connectivity index (χ1n) is 11.8. The lowest BCUT2D eigenvalue weighted by Crippen LogP contribution is -2.32. The summed E-state index contributed by atoms with van der Waals surface area (Å²) in [6.07, 6.45) is -2.01. The number of hydrogen-bond donors (Lipinski definition) is 15. The van der Waals surface area contributed by atoms with Crippen molar-refractivity contribution in [1.29, 1.82) is 0 Å². The quantitative estimate of drug-likeness (QED) is 0.0722. The van der Waals surface area contributed by atoms with Crippen molar-refractivity contribution in [3.05, 3.63) is 0 Å². The summed E-state index contributed by atoms with van der Waals surface area (Å²) in [6.45, 7) is 0. The summed E-state index contributed by atoms with van der Waals surface area (Å²) >= 11 is 0. The highest BCUT2D eigenvalue weighted by atomic mass is 16.4. The van der Waals surface area contributed by atoms with Gasteiger partial charge in [0.1, 0.15) is 30.2 Å². The molecule has 0 aliphatic carbocycles. The van der Waals surface area contributed by atoms with Gasteiger partial charge in [-0.15, -0.1) is 0 Å². The topological polar surface area (TPSA) is 509 Å². The van der Waals surface area contributed by atoms with Crippen LogP contribution in [-0.2, 0) is 47.9 Å². The Labute approximate surface area is 257 Å². The van der Waals surface area contributed by atoms with Gasteiger partial charge < -0.3 is 80.4 Å². The number of nitrogens with two attached hydrogens (primary N) is 6. The van der Waals surface area contributed by atoms with Crippen LogP contribution in [0.25, 0.3) is 0 Å². The Kier molecular flexibility index (Phi) is 30.8. The van der Waals surface area contributed by atoms with E-state index in [1.807, 2.05) is 0 Å². The molecular formula is C21H38N6O19. The zero-order valence-corrected chi connectivity index (χ0v) is 23.7. The van der Waals surface area contributed by atoms with Crippen LogP contribution >= 0.6 is 0 Å². The molecule has 0 aromatic heterocycles. The standard InChI is InChI=1S/C5H10N2O3.4C4H7NO4/c6-3(5(9)10)1-2-4(7)8;4*5-2(4(8)9)1-3(6)7/h3H,1-2,6H2,(H2,7,8)(H,9,10);4*2H,1,5H2,(H,6,7)(H,8,9). The Morgan fingerprint density at radius 3 is 0.630 bits per heavy atom. The molecule has 1 amide bonds. The molecule has 0 radical (unpaired) electrons. The maximum atomic E-state index is 10.1. The third-order valence-corrected chi connectivity index (χ3v) is 3.87. The van der Waals surface area contributed by atoms with Crippen molar-refractivity contribution in [2.45, 2.75) is 68.7 Å². The van der Waals surface area contributed by atoms with E-state index >= 15 is 0 Å². The second kappa shape index (κ2) is 28.3. The van der Waals surface area contributed by atoms with E-state index in [0.717, 1.165) is 0 Å². The van der Waals surface area contributed by atoms with Crippen molar-refractivity contribution in [2.24, 2.45) is 34.4 Å². The zero-order chi connectivity index (χ0) is 37.9. The molecule has 0 heterocycles. The van der Waals surface area contributed by atoms with Crippen LogP contribution in [-0.4, -0.2) is 136 Å². The van der Waals surface area contributed by atoms with Gasteiger partial charge in [0.2, 0.25) is 5.91 Å². The summed E-state index contributed by atoms with van der Waals surface area (Å²) in [6, 6.07) is -6.14. The summed E-state index contributed by atoms with van der Waals surface area (Å²) in [5.41, 5.74) is 29.2. The SMILES string of the molecule is NC(=O)CCC(N)C(=O)O.NC(CC(=O)O)C(=O)O.NC(CC(=O)O)C(=O)O.NC(CC(=O)O)C(=O)O.NC(CC(=O)O)C(=O)O. The third-order valence-electron chi connectivity index (χ3n) is 3.87. The van der Waals surface area contributed by atoms with Crippen LogP contribution in [0.15, 0.2) is 0 Å². The number of amides is 1. The van der Waals surface area contributed by atoms with E-state index in [1.165, 1.54) is 0 Å². The van der Waals surface area contributed by atoms with Crippen LogP contribution < -0.4 is 34.4 Å². The van der Waals surface area contributed by atoms with Crippen molar-refractivity contribution in [3.63, 3.8) is 0 Å². The lowest BCUT2D eigenvalue weighted by atomic mass is 10.2. The molecular weight excluding hydrogens is 640 g/mol. The van der Waals surface area contributed by atoms with Crippen molar-refractivity contribution in [2.75, 3.05) is 0 Å². The average molecular weight is 679 g/mol. The predicted molar refractivity (Wildman–Crippen MR) is 145 cm³/mol.